The van der Waals surface area contributed by atoms with Gasteiger partial charge in [0, 0.05) is 5.69 Å². The molecule has 2 aromatic carbocycles. The molecule has 0 saturated carbocycles. The number of hydrogen-bond acceptors (Lipinski definition) is 2. The number of ether oxygens (including phenoxy) is 1. The van der Waals surface area contributed by atoms with Crippen LogP contribution in [0.5, 0.6) is 5.75 Å². The molecule has 1 N–H and O–H groups in total. The van der Waals surface area contributed by atoms with Crippen LogP contribution in [-0.4, -0.2) is 12.5 Å². The second-order valence-electron chi connectivity index (χ2n) is 6.11. The van der Waals surface area contributed by atoms with E-state index in [9.17, 15) is 9.18 Å². The van der Waals surface area contributed by atoms with Gasteiger partial charge in [0.05, 0.1) is 0 Å². The van der Waals surface area contributed by atoms with E-state index in [1.807, 2.05) is 24.3 Å². The van der Waals surface area contributed by atoms with Gasteiger partial charge in [-0.3, -0.25) is 4.79 Å². The van der Waals surface area contributed by atoms with Gasteiger partial charge in [0.1, 0.15) is 11.6 Å². The van der Waals surface area contributed by atoms with Crippen LogP contribution in [0.4, 0.5) is 10.1 Å². The fourth-order valence-electron chi connectivity index (χ4n) is 2.12. The fraction of sp³-hybridized carbons (Fsp3) is 0.316. The number of anilines is 1. The molecule has 0 unspecified atom stereocenters. The van der Waals surface area contributed by atoms with Gasteiger partial charge >= 0.3 is 0 Å². The first-order chi connectivity index (χ1) is 10.9. The van der Waals surface area contributed by atoms with Gasteiger partial charge in [0.15, 0.2) is 6.61 Å². The molecular weight excluding hydrogens is 293 g/mol. The topological polar surface area (TPSA) is 38.3 Å². The predicted octanol–water partition coefficient (Wildman–Crippen LogP) is 4.53. The highest BCUT2D eigenvalue weighted by Gasteiger charge is 2.17. The van der Waals surface area contributed by atoms with Crippen LogP contribution in [0.25, 0.3) is 0 Å². The summed E-state index contributed by atoms with van der Waals surface area (Å²) in [6.45, 7) is 6.42. The van der Waals surface area contributed by atoms with Crippen LogP contribution in [-0.2, 0) is 10.2 Å². The summed E-state index contributed by atoms with van der Waals surface area (Å²) in [5.74, 6) is -0.0820. The Labute approximate surface area is 136 Å². The second kappa shape index (κ2) is 7.27. The lowest BCUT2D eigenvalue weighted by Gasteiger charge is -2.23. The quantitative estimate of drug-likeness (QED) is 0.850. The Morgan fingerprint density at radius 2 is 1.87 bits per heavy atom. The first-order valence-corrected chi connectivity index (χ1v) is 7.69. The summed E-state index contributed by atoms with van der Waals surface area (Å²) in [4.78, 5) is 11.8. The van der Waals surface area contributed by atoms with E-state index in [0.717, 1.165) is 6.42 Å². The van der Waals surface area contributed by atoms with Crippen LogP contribution in [0.15, 0.2) is 48.5 Å². The van der Waals surface area contributed by atoms with E-state index in [1.165, 1.54) is 17.7 Å². The predicted molar refractivity (Wildman–Crippen MR) is 90.3 cm³/mol. The normalized spacial score (nSPS) is 11.1. The number of hydrogen-bond donors (Lipinski definition) is 1. The lowest BCUT2D eigenvalue weighted by Crippen LogP contribution is -2.20. The molecule has 0 fully saturated rings. The minimum absolute atomic E-state index is 0.118. The van der Waals surface area contributed by atoms with Crippen molar-refractivity contribution < 1.29 is 13.9 Å². The summed E-state index contributed by atoms with van der Waals surface area (Å²) in [5, 5.41) is 2.59. The maximum absolute atomic E-state index is 13.0. The summed E-state index contributed by atoms with van der Waals surface area (Å²) in [5.41, 5.74) is 1.77. The molecule has 0 atom stereocenters. The maximum atomic E-state index is 13.0. The average Bonchev–Trinajstić information content (AvgIpc) is 2.53. The molecule has 3 nitrogen and oxygen atoms in total. The Balaban J connectivity index is 1.89. The van der Waals surface area contributed by atoms with Crippen molar-refractivity contribution in [2.75, 3.05) is 11.9 Å². The third-order valence-corrected chi connectivity index (χ3v) is 4.00. The molecule has 0 bridgehead atoms. The molecule has 23 heavy (non-hydrogen) atoms. The van der Waals surface area contributed by atoms with E-state index in [0.29, 0.717) is 11.4 Å². The van der Waals surface area contributed by atoms with Gasteiger partial charge in [0.2, 0.25) is 0 Å². The van der Waals surface area contributed by atoms with Crippen molar-refractivity contribution in [3.8, 4) is 5.75 Å². The Morgan fingerprint density at radius 3 is 2.48 bits per heavy atom. The van der Waals surface area contributed by atoms with E-state index in [4.69, 9.17) is 4.74 Å². The van der Waals surface area contributed by atoms with Crippen molar-refractivity contribution in [1.29, 1.82) is 0 Å². The van der Waals surface area contributed by atoms with Crippen molar-refractivity contribution in [2.45, 2.75) is 32.6 Å². The SMILES string of the molecule is CCC(C)(C)c1ccc(OCC(=O)Nc2cccc(F)c2)cc1. The third kappa shape index (κ3) is 4.81. The zero-order chi connectivity index (χ0) is 16.9. The van der Waals surface area contributed by atoms with Gasteiger partial charge in [-0.25, -0.2) is 4.39 Å². The lowest BCUT2D eigenvalue weighted by atomic mass is 9.82. The van der Waals surface area contributed by atoms with Gasteiger partial charge in [-0.1, -0.05) is 39.0 Å². The van der Waals surface area contributed by atoms with Crippen LogP contribution in [0.1, 0.15) is 32.8 Å². The van der Waals surface area contributed by atoms with Gasteiger partial charge in [-0.15, -0.1) is 0 Å². The number of benzene rings is 2. The highest BCUT2D eigenvalue weighted by atomic mass is 19.1. The standard InChI is InChI=1S/C19H22FNO2/c1-4-19(2,3)14-8-10-17(11-9-14)23-13-18(22)21-16-7-5-6-15(20)12-16/h5-12H,4,13H2,1-3H3,(H,21,22). The van der Waals surface area contributed by atoms with Crippen molar-refractivity contribution >= 4 is 11.6 Å². The van der Waals surface area contributed by atoms with E-state index in [2.05, 4.69) is 26.1 Å². The number of amides is 1. The maximum Gasteiger partial charge on any atom is 0.262 e. The smallest absolute Gasteiger partial charge is 0.262 e. The van der Waals surface area contributed by atoms with Crippen molar-refractivity contribution in [2.24, 2.45) is 0 Å². The van der Waals surface area contributed by atoms with Gasteiger partial charge < -0.3 is 10.1 Å². The fourth-order valence-corrected chi connectivity index (χ4v) is 2.12. The van der Waals surface area contributed by atoms with Crippen molar-refractivity contribution in [3.63, 3.8) is 0 Å². The molecule has 4 heteroatoms. The third-order valence-electron chi connectivity index (χ3n) is 4.00. The molecule has 0 heterocycles. The molecule has 0 radical (unpaired) electrons. The molecule has 0 aliphatic carbocycles. The zero-order valence-electron chi connectivity index (χ0n) is 13.7. The van der Waals surface area contributed by atoms with Gasteiger partial charge in [-0.2, -0.15) is 0 Å². The number of rotatable bonds is 6. The Hall–Kier alpha value is -2.36. The minimum atomic E-state index is -0.391. The monoisotopic (exact) mass is 315 g/mol. The Kier molecular flexibility index (Phi) is 5.37. The molecule has 0 aromatic heterocycles. The first-order valence-electron chi connectivity index (χ1n) is 7.69. The highest BCUT2D eigenvalue weighted by Crippen LogP contribution is 2.28. The highest BCUT2D eigenvalue weighted by molar-refractivity contribution is 5.91. The van der Waals surface area contributed by atoms with Crippen LogP contribution in [0.2, 0.25) is 0 Å². The van der Waals surface area contributed by atoms with E-state index in [1.54, 1.807) is 12.1 Å². The zero-order valence-corrected chi connectivity index (χ0v) is 13.7. The largest absolute Gasteiger partial charge is 0.484 e. The van der Waals surface area contributed by atoms with Crippen LogP contribution in [0.3, 0.4) is 0 Å². The summed E-state index contributed by atoms with van der Waals surface area (Å²) in [7, 11) is 0. The number of carbonyl (C=O) groups excluding carboxylic acids is 1. The molecule has 2 rings (SSSR count). The molecule has 122 valence electrons. The first kappa shape index (κ1) is 17.0. The molecule has 0 saturated heterocycles. The van der Waals surface area contributed by atoms with Gasteiger partial charge in [0.25, 0.3) is 5.91 Å². The molecule has 2 aromatic rings. The van der Waals surface area contributed by atoms with Crippen LogP contribution < -0.4 is 10.1 Å². The summed E-state index contributed by atoms with van der Waals surface area (Å²) in [6.07, 6.45) is 1.04. The van der Waals surface area contributed by atoms with E-state index < -0.39 is 5.82 Å². The minimum Gasteiger partial charge on any atom is -0.484 e. The average molecular weight is 315 g/mol. The summed E-state index contributed by atoms with van der Waals surface area (Å²) >= 11 is 0. The van der Waals surface area contributed by atoms with E-state index in [-0.39, 0.29) is 17.9 Å². The molecule has 0 aliphatic rings. The Bertz CT molecular complexity index is 665. The van der Waals surface area contributed by atoms with Gasteiger partial charge in [-0.05, 0) is 47.7 Å². The second-order valence-corrected chi connectivity index (χ2v) is 6.11. The van der Waals surface area contributed by atoms with Crippen molar-refractivity contribution in [3.05, 3.63) is 59.9 Å². The molecule has 1 amide bonds. The number of carbonyl (C=O) groups is 1. The van der Waals surface area contributed by atoms with E-state index >= 15 is 0 Å². The lowest BCUT2D eigenvalue weighted by molar-refractivity contribution is -0.118. The Morgan fingerprint density at radius 1 is 1.17 bits per heavy atom. The molecule has 0 aliphatic heterocycles. The molecular formula is C19H22FNO2. The number of halogens is 1. The number of nitrogens with one attached hydrogen (secondary N) is 1. The van der Waals surface area contributed by atoms with Crippen LogP contribution in [0, 0.1) is 5.82 Å². The van der Waals surface area contributed by atoms with Crippen molar-refractivity contribution in [1.82, 2.24) is 0 Å². The van der Waals surface area contributed by atoms with Crippen LogP contribution >= 0.6 is 0 Å². The summed E-state index contributed by atoms with van der Waals surface area (Å²) in [6, 6.07) is 13.5. The summed E-state index contributed by atoms with van der Waals surface area (Å²) < 4.78 is 18.5. The molecule has 0 spiro atoms.